The second-order valence-corrected chi connectivity index (χ2v) is 6.38. The summed E-state index contributed by atoms with van der Waals surface area (Å²) in [6, 6.07) is 7.44. The predicted molar refractivity (Wildman–Crippen MR) is 85.2 cm³/mol. The van der Waals surface area contributed by atoms with Crippen molar-refractivity contribution < 1.29 is 0 Å². The standard InChI is InChI=1S/C17H27N3/c1-14(2)20-11-9-19(10-12-20)13-15-5-3-7-17-16(15)6-4-8-18-17/h3,5,7,14,18H,4,6,8-13H2,1-2H3. The maximum absolute atomic E-state index is 3.54. The number of fused-ring (bicyclic) bond motifs is 1. The molecule has 3 rings (SSSR count). The van der Waals surface area contributed by atoms with Crippen molar-refractivity contribution in [3.63, 3.8) is 0 Å². The molecule has 0 aliphatic carbocycles. The van der Waals surface area contributed by atoms with Crippen LogP contribution in [-0.4, -0.2) is 48.6 Å². The Morgan fingerprint density at radius 2 is 1.95 bits per heavy atom. The van der Waals surface area contributed by atoms with Crippen molar-refractivity contribution in [1.82, 2.24) is 9.80 Å². The Morgan fingerprint density at radius 3 is 2.70 bits per heavy atom. The van der Waals surface area contributed by atoms with Crippen molar-refractivity contribution in [3.05, 3.63) is 29.3 Å². The molecule has 2 aliphatic rings. The predicted octanol–water partition coefficient (Wildman–Crippen LogP) is 2.57. The first-order chi connectivity index (χ1) is 9.74. The van der Waals surface area contributed by atoms with Crippen molar-refractivity contribution in [2.75, 3.05) is 38.0 Å². The third kappa shape index (κ3) is 2.99. The molecule has 0 radical (unpaired) electrons. The molecule has 0 amide bonds. The van der Waals surface area contributed by atoms with Gasteiger partial charge in [0.25, 0.3) is 0 Å². The minimum absolute atomic E-state index is 0.686. The molecule has 1 saturated heterocycles. The van der Waals surface area contributed by atoms with Crippen LogP contribution in [0.5, 0.6) is 0 Å². The molecule has 3 heteroatoms. The summed E-state index contributed by atoms with van der Waals surface area (Å²) >= 11 is 0. The molecule has 0 atom stereocenters. The molecular weight excluding hydrogens is 246 g/mol. The van der Waals surface area contributed by atoms with E-state index < -0.39 is 0 Å². The quantitative estimate of drug-likeness (QED) is 0.913. The van der Waals surface area contributed by atoms with Gasteiger partial charge in [0.1, 0.15) is 0 Å². The van der Waals surface area contributed by atoms with Crippen molar-refractivity contribution in [3.8, 4) is 0 Å². The monoisotopic (exact) mass is 273 g/mol. The molecule has 0 saturated carbocycles. The van der Waals surface area contributed by atoms with Crippen LogP contribution >= 0.6 is 0 Å². The van der Waals surface area contributed by atoms with Gasteiger partial charge in [-0.2, -0.15) is 0 Å². The Balaban J connectivity index is 1.64. The molecule has 20 heavy (non-hydrogen) atoms. The lowest BCUT2D eigenvalue weighted by Crippen LogP contribution is -2.48. The van der Waals surface area contributed by atoms with Crippen molar-refractivity contribution in [1.29, 1.82) is 0 Å². The number of anilines is 1. The van der Waals surface area contributed by atoms with Gasteiger partial charge in [-0.1, -0.05) is 12.1 Å². The molecule has 1 aromatic carbocycles. The zero-order valence-electron chi connectivity index (χ0n) is 12.9. The maximum atomic E-state index is 3.54. The Kier molecular flexibility index (Phi) is 4.27. The highest BCUT2D eigenvalue weighted by molar-refractivity contribution is 5.56. The van der Waals surface area contributed by atoms with E-state index in [0.717, 1.165) is 13.1 Å². The lowest BCUT2D eigenvalue weighted by atomic mass is 9.97. The van der Waals surface area contributed by atoms with Crippen LogP contribution in [-0.2, 0) is 13.0 Å². The molecule has 1 fully saturated rings. The van der Waals surface area contributed by atoms with E-state index in [0.29, 0.717) is 6.04 Å². The fourth-order valence-electron chi connectivity index (χ4n) is 3.41. The Morgan fingerprint density at radius 1 is 1.15 bits per heavy atom. The summed E-state index contributed by atoms with van der Waals surface area (Å²) in [6.45, 7) is 11.7. The van der Waals surface area contributed by atoms with Gasteiger partial charge in [0, 0.05) is 51.0 Å². The zero-order chi connectivity index (χ0) is 13.9. The van der Waals surface area contributed by atoms with Crippen LogP contribution in [0.3, 0.4) is 0 Å². The van der Waals surface area contributed by atoms with E-state index in [2.05, 4.69) is 47.2 Å². The second-order valence-electron chi connectivity index (χ2n) is 6.38. The third-order valence-electron chi connectivity index (χ3n) is 4.72. The van der Waals surface area contributed by atoms with Gasteiger partial charge in [-0.15, -0.1) is 0 Å². The average molecular weight is 273 g/mol. The first-order valence-electron chi connectivity index (χ1n) is 8.05. The van der Waals surface area contributed by atoms with Crippen LogP contribution in [0.25, 0.3) is 0 Å². The minimum Gasteiger partial charge on any atom is -0.385 e. The second kappa shape index (κ2) is 6.15. The smallest absolute Gasteiger partial charge is 0.0375 e. The summed E-state index contributed by atoms with van der Waals surface area (Å²) in [6.07, 6.45) is 2.51. The molecule has 2 aliphatic heterocycles. The molecule has 0 bridgehead atoms. The maximum Gasteiger partial charge on any atom is 0.0375 e. The summed E-state index contributed by atoms with van der Waals surface area (Å²) in [5, 5.41) is 3.54. The molecule has 1 N–H and O–H groups in total. The van der Waals surface area contributed by atoms with Crippen LogP contribution in [0.1, 0.15) is 31.4 Å². The van der Waals surface area contributed by atoms with Crippen LogP contribution in [0.15, 0.2) is 18.2 Å². The van der Waals surface area contributed by atoms with E-state index in [1.807, 2.05) is 0 Å². The molecule has 110 valence electrons. The Labute approximate surface area is 123 Å². The van der Waals surface area contributed by atoms with Crippen molar-refractivity contribution >= 4 is 5.69 Å². The van der Waals surface area contributed by atoms with Gasteiger partial charge in [0.05, 0.1) is 0 Å². The fraction of sp³-hybridized carbons (Fsp3) is 0.647. The largest absolute Gasteiger partial charge is 0.385 e. The molecule has 1 aromatic rings. The zero-order valence-corrected chi connectivity index (χ0v) is 12.9. The number of rotatable bonds is 3. The highest BCUT2D eigenvalue weighted by Crippen LogP contribution is 2.26. The van der Waals surface area contributed by atoms with Crippen molar-refractivity contribution in [2.45, 2.75) is 39.3 Å². The van der Waals surface area contributed by atoms with Crippen LogP contribution in [0.2, 0.25) is 0 Å². The van der Waals surface area contributed by atoms with E-state index in [4.69, 9.17) is 0 Å². The first kappa shape index (κ1) is 13.9. The number of hydrogen-bond acceptors (Lipinski definition) is 3. The fourth-order valence-corrected chi connectivity index (χ4v) is 3.41. The molecule has 0 unspecified atom stereocenters. The molecule has 3 nitrogen and oxygen atoms in total. The van der Waals surface area contributed by atoms with Crippen molar-refractivity contribution in [2.24, 2.45) is 0 Å². The van der Waals surface area contributed by atoms with Gasteiger partial charge in [0.15, 0.2) is 0 Å². The Bertz CT molecular complexity index is 448. The highest BCUT2D eigenvalue weighted by Gasteiger charge is 2.20. The summed E-state index contributed by atoms with van der Waals surface area (Å²) < 4.78 is 0. The summed E-state index contributed by atoms with van der Waals surface area (Å²) in [5.74, 6) is 0. The van der Waals surface area contributed by atoms with Crippen LogP contribution in [0.4, 0.5) is 5.69 Å². The normalized spacial score (nSPS) is 20.8. The van der Waals surface area contributed by atoms with Gasteiger partial charge in [-0.3, -0.25) is 9.80 Å². The molecule has 2 heterocycles. The van der Waals surface area contributed by atoms with E-state index in [-0.39, 0.29) is 0 Å². The average Bonchev–Trinajstić information content (AvgIpc) is 2.48. The molecule has 0 aromatic heterocycles. The minimum atomic E-state index is 0.686. The number of benzene rings is 1. The van der Waals surface area contributed by atoms with Gasteiger partial charge >= 0.3 is 0 Å². The highest BCUT2D eigenvalue weighted by atomic mass is 15.3. The first-order valence-corrected chi connectivity index (χ1v) is 8.05. The van der Waals surface area contributed by atoms with E-state index in [9.17, 15) is 0 Å². The van der Waals surface area contributed by atoms with Crippen LogP contribution < -0.4 is 5.32 Å². The van der Waals surface area contributed by atoms with Gasteiger partial charge in [-0.05, 0) is 43.9 Å². The van der Waals surface area contributed by atoms with Gasteiger partial charge in [-0.25, -0.2) is 0 Å². The summed E-state index contributed by atoms with van der Waals surface area (Å²) in [4.78, 5) is 5.20. The third-order valence-corrected chi connectivity index (χ3v) is 4.72. The van der Waals surface area contributed by atoms with E-state index in [1.165, 1.54) is 50.3 Å². The molecule has 0 spiro atoms. The number of hydrogen-bond donors (Lipinski definition) is 1. The lowest BCUT2D eigenvalue weighted by Gasteiger charge is -2.37. The van der Waals surface area contributed by atoms with Gasteiger partial charge in [0.2, 0.25) is 0 Å². The van der Waals surface area contributed by atoms with E-state index in [1.54, 1.807) is 5.56 Å². The van der Waals surface area contributed by atoms with Crippen LogP contribution in [0, 0.1) is 0 Å². The Hall–Kier alpha value is -1.06. The number of piperazine rings is 1. The summed E-state index contributed by atoms with van der Waals surface area (Å²) in [7, 11) is 0. The molecular formula is C17H27N3. The SMILES string of the molecule is CC(C)N1CCN(Cc2cccc3c2CCCN3)CC1. The van der Waals surface area contributed by atoms with Gasteiger partial charge < -0.3 is 5.32 Å². The van der Waals surface area contributed by atoms with E-state index >= 15 is 0 Å². The lowest BCUT2D eigenvalue weighted by molar-refractivity contribution is 0.104. The topological polar surface area (TPSA) is 18.5 Å². The summed E-state index contributed by atoms with van der Waals surface area (Å²) in [5.41, 5.74) is 4.47. The number of nitrogens with one attached hydrogen (secondary N) is 1. The number of nitrogens with zero attached hydrogens (tertiary/aromatic N) is 2.